The number of rotatable bonds is 7. The lowest BCUT2D eigenvalue weighted by atomic mass is 9.74. The van der Waals surface area contributed by atoms with Crippen LogP contribution in [0, 0.1) is 11.8 Å². The summed E-state index contributed by atoms with van der Waals surface area (Å²) in [6, 6.07) is 14.8. The number of carboxylic acid groups (broad SMARTS) is 1. The molecule has 1 aromatic heterocycles. The summed E-state index contributed by atoms with van der Waals surface area (Å²) in [4.78, 5) is 23.7. The van der Waals surface area contributed by atoms with Gasteiger partial charge in [-0.1, -0.05) is 24.2 Å². The number of carbonyl (C=O) groups is 2. The number of aromatic nitrogens is 2. The van der Waals surface area contributed by atoms with Crippen molar-refractivity contribution in [2.45, 2.75) is 38.5 Å². The van der Waals surface area contributed by atoms with Crippen molar-refractivity contribution in [3.8, 4) is 0 Å². The average Bonchev–Trinajstić information content (AvgIpc) is 3.29. The zero-order valence-electron chi connectivity index (χ0n) is 18.3. The minimum Gasteiger partial charge on any atom is -0.481 e. The predicted octanol–water partition coefficient (Wildman–Crippen LogP) is 4.64. The molecule has 1 fully saturated rings. The quantitative estimate of drug-likeness (QED) is 0.382. The molecule has 1 atom stereocenters. The minimum atomic E-state index is -0.715. The minimum absolute atomic E-state index is 0.105. The maximum absolute atomic E-state index is 12.5. The van der Waals surface area contributed by atoms with Crippen LogP contribution in [0.15, 0.2) is 52.9 Å². The van der Waals surface area contributed by atoms with Gasteiger partial charge in [-0.15, -0.1) is 5.10 Å². The molecule has 2 aromatic carbocycles. The molecule has 0 aliphatic heterocycles. The van der Waals surface area contributed by atoms with Gasteiger partial charge in [0.15, 0.2) is 0 Å². The predicted molar refractivity (Wildman–Crippen MR) is 124 cm³/mol. The number of nitrogens with zero attached hydrogens (tertiary/aromatic N) is 2. The molecule has 9 nitrogen and oxygen atoms in total. The maximum atomic E-state index is 12.5. The first-order valence-corrected chi connectivity index (χ1v) is 11.0. The summed E-state index contributed by atoms with van der Waals surface area (Å²) in [5.74, 6) is -1.01. The number of amides is 1. The molecule has 5 N–H and O–H groups in total. The first-order chi connectivity index (χ1) is 15.9. The summed E-state index contributed by atoms with van der Waals surface area (Å²) in [5.41, 5.74) is 8.83. The smallest absolute Gasteiger partial charge is 0.320 e. The Hall–Kier alpha value is -3.88. The maximum Gasteiger partial charge on any atom is 0.320 e. The van der Waals surface area contributed by atoms with E-state index in [0.29, 0.717) is 23.0 Å². The number of hydrogen-bond donors (Lipinski definition) is 4. The number of carboxylic acids is 1. The van der Waals surface area contributed by atoms with Crippen molar-refractivity contribution >= 4 is 35.0 Å². The zero-order valence-corrected chi connectivity index (χ0v) is 18.3. The van der Waals surface area contributed by atoms with Gasteiger partial charge in [0, 0.05) is 17.1 Å². The van der Waals surface area contributed by atoms with Crippen LogP contribution in [0.2, 0.25) is 0 Å². The summed E-state index contributed by atoms with van der Waals surface area (Å²) in [5, 5.41) is 22.5. The molecule has 3 aromatic rings. The summed E-state index contributed by atoms with van der Waals surface area (Å²) < 4.78 is 5.40. The van der Waals surface area contributed by atoms with Crippen LogP contribution in [-0.4, -0.2) is 27.2 Å². The molecule has 33 heavy (non-hydrogen) atoms. The van der Waals surface area contributed by atoms with Gasteiger partial charge < -0.3 is 25.9 Å². The Morgan fingerprint density at radius 2 is 1.64 bits per heavy atom. The van der Waals surface area contributed by atoms with Crippen LogP contribution in [0.25, 0.3) is 0 Å². The second-order valence-electron chi connectivity index (χ2n) is 8.47. The Labute approximate surface area is 191 Å². The van der Waals surface area contributed by atoms with Crippen LogP contribution < -0.4 is 16.4 Å². The van der Waals surface area contributed by atoms with Gasteiger partial charge in [0.25, 0.3) is 0 Å². The average molecular weight is 450 g/mol. The van der Waals surface area contributed by atoms with Gasteiger partial charge in [0.05, 0.1) is 5.92 Å². The van der Waals surface area contributed by atoms with Gasteiger partial charge in [-0.2, -0.15) is 0 Å². The molecule has 0 spiro atoms. The van der Waals surface area contributed by atoms with Gasteiger partial charge in [0.2, 0.25) is 0 Å². The van der Waals surface area contributed by atoms with E-state index in [4.69, 9.17) is 10.2 Å². The Kier molecular flexibility index (Phi) is 6.58. The molecule has 172 valence electrons. The van der Waals surface area contributed by atoms with E-state index in [-0.39, 0.29) is 23.7 Å². The molecule has 1 unspecified atom stereocenters. The van der Waals surface area contributed by atoms with E-state index < -0.39 is 11.9 Å². The summed E-state index contributed by atoms with van der Waals surface area (Å²) >= 11 is 0. The van der Waals surface area contributed by atoms with Crippen LogP contribution in [0.1, 0.15) is 54.8 Å². The molecule has 1 aliphatic rings. The van der Waals surface area contributed by atoms with Gasteiger partial charge in [-0.25, -0.2) is 0 Å². The van der Waals surface area contributed by atoms with Crippen molar-refractivity contribution < 1.29 is 19.1 Å². The van der Waals surface area contributed by atoms with Crippen LogP contribution in [0.4, 0.5) is 23.1 Å². The molecule has 9 heteroatoms. The van der Waals surface area contributed by atoms with Crippen molar-refractivity contribution in [3.05, 3.63) is 60.0 Å². The van der Waals surface area contributed by atoms with Crippen LogP contribution in [-0.2, 0) is 4.79 Å². The van der Waals surface area contributed by atoms with Crippen LogP contribution in [0.5, 0.6) is 0 Å². The molecule has 0 bridgehead atoms. The fourth-order valence-corrected chi connectivity index (χ4v) is 4.23. The molecule has 1 aliphatic carbocycles. The molecule has 1 heterocycles. The van der Waals surface area contributed by atoms with Crippen LogP contribution >= 0.6 is 0 Å². The van der Waals surface area contributed by atoms with Crippen molar-refractivity contribution in [2.24, 2.45) is 11.8 Å². The summed E-state index contributed by atoms with van der Waals surface area (Å²) in [6.07, 6.45) is 3.78. The van der Waals surface area contributed by atoms with E-state index in [1.807, 2.05) is 24.3 Å². The Bertz CT molecular complexity index is 1100. The second kappa shape index (κ2) is 9.72. The van der Waals surface area contributed by atoms with Crippen molar-refractivity contribution in [3.63, 3.8) is 0 Å². The molecule has 0 radical (unpaired) electrons. The molecule has 1 amide bonds. The monoisotopic (exact) mass is 449 g/mol. The highest BCUT2D eigenvalue weighted by molar-refractivity contribution is 6.00. The molecule has 1 saturated carbocycles. The van der Waals surface area contributed by atoms with E-state index in [1.54, 1.807) is 31.2 Å². The Morgan fingerprint density at radius 1 is 1.00 bits per heavy atom. The fraction of sp³-hybridized carbons (Fsp3) is 0.333. The third kappa shape index (κ3) is 5.49. The van der Waals surface area contributed by atoms with E-state index in [2.05, 4.69) is 20.8 Å². The number of nitrogens with two attached hydrogens (primary N) is 1. The highest BCUT2D eigenvalue weighted by Crippen LogP contribution is 2.39. The lowest BCUT2D eigenvalue weighted by molar-refractivity contribution is -0.143. The zero-order chi connectivity index (χ0) is 23.4. The van der Waals surface area contributed by atoms with E-state index in [1.165, 1.54) is 5.56 Å². The van der Waals surface area contributed by atoms with Crippen molar-refractivity contribution in [1.82, 2.24) is 10.2 Å². The first kappa shape index (κ1) is 22.3. The van der Waals surface area contributed by atoms with Gasteiger partial charge in [0.1, 0.15) is 0 Å². The number of anilines is 4. The Balaban J connectivity index is 1.31. The van der Waals surface area contributed by atoms with Gasteiger partial charge >= 0.3 is 23.8 Å². The normalized spacial score (nSPS) is 18.9. The Morgan fingerprint density at radius 3 is 2.27 bits per heavy atom. The van der Waals surface area contributed by atoms with Gasteiger partial charge in [-0.3, -0.25) is 9.59 Å². The number of aliphatic carboxylic acids is 1. The molecule has 4 rings (SSSR count). The third-order valence-corrected chi connectivity index (χ3v) is 6.29. The summed E-state index contributed by atoms with van der Waals surface area (Å²) in [7, 11) is 0. The van der Waals surface area contributed by atoms with E-state index >= 15 is 0 Å². The lowest BCUT2D eigenvalue weighted by Crippen LogP contribution is -2.24. The van der Waals surface area contributed by atoms with E-state index in [9.17, 15) is 14.7 Å². The topological polar surface area (TPSA) is 143 Å². The third-order valence-electron chi connectivity index (χ3n) is 6.29. The first-order valence-electron chi connectivity index (χ1n) is 11.0. The second-order valence-corrected chi connectivity index (χ2v) is 8.47. The number of hydrogen-bond acceptors (Lipinski definition) is 7. The standard InChI is InChI=1S/C24H27N5O4/c1-14(23(31)32)15-2-4-16(5-3-15)17-6-10-19(11-7-17)26-21(30)22-28-29-24(33-22)27-20-12-8-18(25)9-13-20/h6-16H,2-5,25H2,1H3,(H,26,30)(H,27,29)(H,31,32). The lowest BCUT2D eigenvalue weighted by Gasteiger charge is -2.31. The number of carbonyl (C=O) groups excluding carboxylic acids is 1. The summed E-state index contributed by atoms with van der Waals surface area (Å²) in [6.45, 7) is 1.80. The highest BCUT2D eigenvalue weighted by atomic mass is 16.4. The van der Waals surface area contributed by atoms with E-state index in [0.717, 1.165) is 25.7 Å². The molecular formula is C24H27N5O4. The largest absolute Gasteiger partial charge is 0.481 e. The number of benzene rings is 2. The van der Waals surface area contributed by atoms with Gasteiger partial charge in [-0.05, 0) is 79.5 Å². The van der Waals surface area contributed by atoms with Crippen molar-refractivity contribution in [2.75, 3.05) is 16.4 Å². The highest BCUT2D eigenvalue weighted by Gasteiger charge is 2.29. The number of nitrogen functional groups attached to an aromatic ring is 1. The molecule has 0 saturated heterocycles. The fourth-order valence-electron chi connectivity index (χ4n) is 4.23. The number of nitrogens with one attached hydrogen (secondary N) is 2. The van der Waals surface area contributed by atoms with Crippen molar-refractivity contribution in [1.29, 1.82) is 0 Å². The SMILES string of the molecule is CC(C(=O)O)C1CCC(c2ccc(NC(=O)c3nnc(Nc4ccc(N)cc4)o3)cc2)CC1. The molecular weight excluding hydrogens is 422 g/mol. The van der Waals surface area contributed by atoms with Crippen LogP contribution in [0.3, 0.4) is 0 Å².